The van der Waals surface area contributed by atoms with Crippen molar-refractivity contribution in [2.24, 2.45) is 5.73 Å². The number of halogens is 2. The number of hydrogen-bond acceptors (Lipinski definition) is 4. The fourth-order valence-electron chi connectivity index (χ4n) is 3.91. The number of aromatic nitrogens is 1. The van der Waals surface area contributed by atoms with Crippen LogP contribution >= 0.6 is 0 Å². The third-order valence-corrected chi connectivity index (χ3v) is 5.40. The van der Waals surface area contributed by atoms with Gasteiger partial charge in [-0.1, -0.05) is 18.2 Å². The molecule has 2 heterocycles. The summed E-state index contributed by atoms with van der Waals surface area (Å²) in [4.78, 5) is 18.6. The molecule has 0 saturated carbocycles. The molecular weight excluding hydrogens is 374 g/mol. The van der Waals surface area contributed by atoms with Crippen LogP contribution in [0.4, 0.5) is 14.5 Å². The quantitative estimate of drug-likeness (QED) is 0.708. The zero-order valence-electron chi connectivity index (χ0n) is 16.0. The molecule has 1 saturated heterocycles. The molecule has 3 aromatic rings. The summed E-state index contributed by atoms with van der Waals surface area (Å²) in [6, 6.07) is 7.98. The lowest BCUT2D eigenvalue weighted by Crippen LogP contribution is -2.38. The summed E-state index contributed by atoms with van der Waals surface area (Å²) in [5, 5.41) is 5.68. The van der Waals surface area contributed by atoms with Crippen LogP contribution in [0.5, 0.6) is 0 Å². The van der Waals surface area contributed by atoms with Crippen molar-refractivity contribution in [2.75, 3.05) is 18.4 Å². The molecule has 1 aromatic heterocycles. The Bertz CT molecular complexity index is 1070. The Kier molecular flexibility index (Phi) is 5.15. The van der Waals surface area contributed by atoms with Gasteiger partial charge in [-0.3, -0.25) is 9.78 Å². The summed E-state index contributed by atoms with van der Waals surface area (Å²) in [7, 11) is 0. The van der Waals surface area contributed by atoms with E-state index < -0.39 is 17.7 Å². The topological polar surface area (TPSA) is 71.2 Å². The number of anilines is 1. The van der Waals surface area contributed by atoms with Crippen molar-refractivity contribution in [3.8, 4) is 0 Å². The van der Waals surface area contributed by atoms with Gasteiger partial charge in [0, 0.05) is 59.6 Å². The van der Waals surface area contributed by atoms with Gasteiger partial charge in [-0.05, 0) is 31.0 Å². The summed E-state index contributed by atoms with van der Waals surface area (Å²) in [6.45, 7) is 3.01. The van der Waals surface area contributed by atoms with Crippen LogP contribution < -0.4 is 11.1 Å². The molecular formula is C22H22F2N4O. The van der Waals surface area contributed by atoms with E-state index in [9.17, 15) is 13.6 Å². The molecule has 2 aromatic carbocycles. The number of carbonyl (C=O) groups excluding carboxylic acids is 1. The summed E-state index contributed by atoms with van der Waals surface area (Å²) in [5.74, 6) is -1.87. The molecule has 1 amide bonds. The van der Waals surface area contributed by atoms with Gasteiger partial charge in [0.1, 0.15) is 17.7 Å². The molecule has 3 N–H and O–H groups in total. The monoisotopic (exact) mass is 396 g/mol. The first-order valence-corrected chi connectivity index (χ1v) is 9.53. The number of nitrogens with zero attached hydrogens (tertiary/aromatic N) is 2. The van der Waals surface area contributed by atoms with Crippen LogP contribution in [0.1, 0.15) is 23.6 Å². The maximum Gasteiger partial charge on any atom is 0.244 e. The second kappa shape index (κ2) is 7.75. The summed E-state index contributed by atoms with van der Waals surface area (Å²) in [5.41, 5.74) is 8.06. The molecule has 2 atom stereocenters. The van der Waals surface area contributed by atoms with Crippen molar-refractivity contribution in [1.82, 2.24) is 9.88 Å². The van der Waals surface area contributed by atoms with E-state index in [0.29, 0.717) is 13.1 Å². The number of carbonyl (C=O) groups is 1. The van der Waals surface area contributed by atoms with Crippen LogP contribution in [0.3, 0.4) is 0 Å². The Labute approximate surface area is 167 Å². The zero-order valence-corrected chi connectivity index (χ0v) is 16.0. The number of rotatable bonds is 4. The Morgan fingerprint density at radius 3 is 2.90 bits per heavy atom. The number of nitrogens with two attached hydrogens (primary N) is 1. The van der Waals surface area contributed by atoms with Gasteiger partial charge in [0.2, 0.25) is 5.91 Å². The molecule has 0 bridgehead atoms. The smallest absolute Gasteiger partial charge is 0.244 e. The predicted octanol–water partition coefficient (Wildman–Crippen LogP) is 3.53. The molecule has 7 heteroatoms. The van der Waals surface area contributed by atoms with E-state index in [1.54, 1.807) is 4.90 Å². The van der Waals surface area contributed by atoms with Gasteiger partial charge in [-0.25, -0.2) is 8.78 Å². The number of likely N-dealkylation sites (tertiary alicyclic amines) is 1. The van der Waals surface area contributed by atoms with Gasteiger partial charge in [0.25, 0.3) is 0 Å². The number of benzene rings is 2. The minimum absolute atomic E-state index is 0.00462. The van der Waals surface area contributed by atoms with Crippen molar-refractivity contribution in [1.29, 1.82) is 0 Å². The highest BCUT2D eigenvalue weighted by Crippen LogP contribution is 2.28. The van der Waals surface area contributed by atoms with Crippen LogP contribution in [0, 0.1) is 18.6 Å². The van der Waals surface area contributed by atoms with Crippen LogP contribution in [0.15, 0.2) is 48.8 Å². The summed E-state index contributed by atoms with van der Waals surface area (Å²) >= 11 is 0. The molecule has 2 unspecified atom stereocenters. The Balaban J connectivity index is 1.48. The van der Waals surface area contributed by atoms with Crippen LogP contribution in [0.2, 0.25) is 0 Å². The number of nitrogens with one attached hydrogen (secondary N) is 1. The Morgan fingerprint density at radius 1 is 1.28 bits per heavy atom. The number of fused-ring (bicyclic) bond motifs is 1. The van der Waals surface area contributed by atoms with Gasteiger partial charge < -0.3 is 16.0 Å². The number of hydrogen-bond donors (Lipinski definition) is 2. The molecule has 1 aliphatic heterocycles. The highest BCUT2D eigenvalue weighted by molar-refractivity contribution is 5.96. The first-order valence-electron chi connectivity index (χ1n) is 9.53. The van der Waals surface area contributed by atoms with Crippen molar-refractivity contribution >= 4 is 22.4 Å². The van der Waals surface area contributed by atoms with Crippen LogP contribution in [-0.4, -0.2) is 34.9 Å². The Morgan fingerprint density at radius 2 is 2.10 bits per heavy atom. The van der Waals surface area contributed by atoms with Gasteiger partial charge in [0.05, 0.1) is 0 Å². The summed E-state index contributed by atoms with van der Waals surface area (Å²) in [6.07, 6.45) is 4.41. The van der Waals surface area contributed by atoms with E-state index in [1.165, 1.54) is 6.07 Å². The van der Waals surface area contributed by atoms with E-state index in [4.69, 9.17) is 5.73 Å². The minimum atomic E-state index is -1.15. The maximum atomic E-state index is 14.0. The van der Waals surface area contributed by atoms with E-state index in [2.05, 4.69) is 10.3 Å². The lowest BCUT2D eigenvalue weighted by atomic mass is 10.1. The first-order chi connectivity index (χ1) is 13.9. The molecule has 5 nitrogen and oxygen atoms in total. The van der Waals surface area contributed by atoms with Gasteiger partial charge in [0.15, 0.2) is 0 Å². The largest absolute Gasteiger partial charge is 0.380 e. The average Bonchev–Trinajstić information content (AvgIpc) is 3.16. The van der Waals surface area contributed by atoms with Crippen molar-refractivity contribution in [3.05, 3.63) is 71.6 Å². The highest BCUT2D eigenvalue weighted by atomic mass is 19.1. The van der Waals surface area contributed by atoms with Crippen molar-refractivity contribution in [2.45, 2.75) is 25.4 Å². The van der Waals surface area contributed by atoms with Gasteiger partial charge in [-0.2, -0.15) is 0 Å². The lowest BCUT2D eigenvalue weighted by Gasteiger charge is -2.22. The molecule has 29 heavy (non-hydrogen) atoms. The molecule has 4 rings (SSSR count). The number of aryl methyl sites for hydroxylation is 1. The summed E-state index contributed by atoms with van der Waals surface area (Å²) < 4.78 is 27.1. The average molecular weight is 396 g/mol. The Hall–Kier alpha value is -3.06. The number of amides is 1. The van der Waals surface area contributed by atoms with Crippen LogP contribution in [0.25, 0.3) is 10.8 Å². The molecule has 0 radical (unpaired) electrons. The standard InChI is InChI=1S/C22H22F2N4O/c1-13-10-26-11-14-3-2-4-19(20(13)14)27-16-7-8-28(12-16)22(29)21(25)17-6-5-15(23)9-18(17)24/h2-6,9-11,16,21,27H,7-8,12,25H2,1H3. The normalized spacial score (nSPS) is 17.5. The zero-order chi connectivity index (χ0) is 20.5. The molecule has 0 spiro atoms. The van der Waals surface area contributed by atoms with E-state index in [-0.39, 0.29) is 17.5 Å². The van der Waals surface area contributed by atoms with E-state index >= 15 is 0 Å². The molecule has 0 aliphatic carbocycles. The van der Waals surface area contributed by atoms with E-state index in [1.807, 2.05) is 37.5 Å². The van der Waals surface area contributed by atoms with Crippen molar-refractivity contribution in [3.63, 3.8) is 0 Å². The van der Waals surface area contributed by atoms with Gasteiger partial charge >= 0.3 is 0 Å². The number of pyridine rings is 1. The van der Waals surface area contributed by atoms with Gasteiger partial charge in [-0.15, -0.1) is 0 Å². The van der Waals surface area contributed by atoms with E-state index in [0.717, 1.165) is 40.6 Å². The van der Waals surface area contributed by atoms with Crippen molar-refractivity contribution < 1.29 is 13.6 Å². The second-order valence-electron chi connectivity index (χ2n) is 7.42. The predicted molar refractivity (Wildman–Crippen MR) is 108 cm³/mol. The molecule has 150 valence electrons. The van der Waals surface area contributed by atoms with Crippen LogP contribution in [-0.2, 0) is 4.79 Å². The first kappa shape index (κ1) is 19.3. The fraction of sp³-hybridized carbons (Fsp3) is 0.273. The lowest BCUT2D eigenvalue weighted by molar-refractivity contribution is -0.131. The fourth-order valence-corrected chi connectivity index (χ4v) is 3.91. The third kappa shape index (κ3) is 3.78. The minimum Gasteiger partial charge on any atom is -0.380 e. The second-order valence-corrected chi connectivity index (χ2v) is 7.42. The molecule has 1 fully saturated rings. The SMILES string of the molecule is Cc1cncc2cccc(NC3CCN(C(=O)C(N)c4ccc(F)cc4F)C3)c12. The molecule has 1 aliphatic rings. The highest BCUT2D eigenvalue weighted by Gasteiger charge is 2.31. The maximum absolute atomic E-state index is 14.0. The third-order valence-electron chi connectivity index (χ3n) is 5.40.